The van der Waals surface area contributed by atoms with Crippen LogP contribution in [0, 0.1) is 6.92 Å². The second kappa shape index (κ2) is 7.57. The lowest BCUT2D eigenvalue weighted by Gasteiger charge is -2.20. The van der Waals surface area contributed by atoms with E-state index in [1.54, 1.807) is 7.05 Å². The van der Waals surface area contributed by atoms with E-state index in [0.717, 1.165) is 47.6 Å². The maximum Gasteiger partial charge on any atom is 0.191 e. The molecule has 1 atom stereocenters. The Kier molecular flexibility index (Phi) is 5.25. The molecule has 0 spiro atoms. The standard InChI is InChI=1S/C17H22ClN5O/c1-12-8-16(24-22-12)10-20-17(19-2)21-14-6-7-23(11-14)15-5-3-4-13(18)9-15/h3-5,8-9,14H,6-7,10-11H2,1-2H3,(H2,19,20,21). The smallest absolute Gasteiger partial charge is 0.191 e. The fourth-order valence-corrected chi connectivity index (χ4v) is 3.03. The molecule has 3 rings (SSSR count). The molecular weight excluding hydrogens is 326 g/mol. The van der Waals surface area contributed by atoms with Crippen molar-refractivity contribution in [2.24, 2.45) is 4.99 Å². The second-order valence-electron chi connectivity index (χ2n) is 5.92. The number of aliphatic imine (C=N–C) groups is 1. The fourth-order valence-electron chi connectivity index (χ4n) is 2.84. The highest BCUT2D eigenvalue weighted by molar-refractivity contribution is 6.30. The number of rotatable bonds is 4. The van der Waals surface area contributed by atoms with Gasteiger partial charge in [-0.1, -0.05) is 22.8 Å². The van der Waals surface area contributed by atoms with Crippen molar-refractivity contribution in [2.75, 3.05) is 25.0 Å². The van der Waals surface area contributed by atoms with E-state index in [1.807, 2.05) is 31.2 Å². The van der Waals surface area contributed by atoms with Gasteiger partial charge in [0.1, 0.15) is 0 Å². The highest BCUT2D eigenvalue weighted by Gasteiger charge is 2.23. The molecule has 128 valence electrons. The van der Waals surface area contributed by atoms with Gasteiger partial charge in [0.2, 0.25) is 0 Å². The zero-order chi connectivity index (χ0) is 16.9. The Labute approximate surface area is 146 Å². The number of nitrogens with one attached hydrogen (secondary N) is 2. The molecule has 0 amide bonds. The van der Waals surface area contributed by atoms with Crippen LogP contribution in [-0.2, 0) is 6.54 Å². The van der Waals surface area contributed by atoms with Crippen LogP contribution >= 0.6 is 11.6 Å². The normalized spacial score (nSPS) is 18.0. The molecule has 1 aromatic heterocycles. The molecule has 0 radical (unpaired) electrons. The molecule has 2 aromatic rings. The van der Waals surface area contributed by atoms with E-state index in [1.165, 1.54) is 0 Å². The van der Waals surface area contributed by atoms with Gasteiger partial charge in [0.05, 0.1) is 12.2 Å². The highest BCUT2D eigenvalue weighted by atomic mass is 35.5. The molecule has 24 heavy (non-hydrogen) atoms. The Balaban J connectivity index is 1.52. The average Bonchev–Trinajstić information content (AvgIpc) is 3.20. The molecule has 0 bridgehead atoms. The lowest BCUT2D eigenvalue weighted by molar-refractivity contribution is 0.376. The Morgan fingerprint density at radius 2 is 2.33 bits per heavy atom. The minimum atomic E-state index is 0.339. The first kappa shape index (κ1) is 16.6. The van der Waals surface area contributed by atoms with Crippen LogP contribution in [0.3, 0.4) is 0 Å². The summed E-state index contributed by atoms with van der Waals surface area (Å²) < 4.78 is 5.20. The number of guanidine groups is 1. The molecule has 6 nitrogen and oxygen atoms in total. The van der Waals surface area contributed by atoms with Gasteiger partial charge >= 0.3 is 0 Å². The molecule has 1 fully saturated rings. The molecule has 0 aliphatic carbocycles. The van der Waals surface area contributed by atoms with Gasteiger partial charge in [-0.15, -0.1) is 0 Å². The summed E-state index contributed by atoms with van der Waals surface area (Å²) in [4.78, 5) is 6.61. The van der Waals surface area contributed by atoms with Crippen molar-refractivity contribution in [3.63, 3.8) is 0 Å². The fraction of sp³-hybridized carbons (Fsp3) is 0.412. The van der Waals surface area contributed by atoms with Crippen LogP contribution in [0.15, 0.2) is 39.8 Å². The van der Waals surface area contributed by atoms with E-state index in [9.17, 15) is 0 Å². The predicted octanol–water partition coefficient (Wildman–Crippen LogP) is 2.58. The quantitative estimate of drug-likeness (QED) is 0.657. The summed E-state index contributed by atoms with van der Waals surface area (Å²) in [5.41, 5.74) is 2.04. The molecule has 1 unspecified atom stereocenters. The van der Waals surface area contributed by atoms with Crippen molar-refractivity contribution in [1.82, 2.24) is 15.8 Å². The summed E-state index contributed by atoms with van der Waals surface area (Å²) in [6.07, 6.45) is 1.05. The van der Waals surface area contributed by atoms with Crippen molar-refractivity contribution in [2.45, 2.75) is 25.9 Å². The number of nitrogens with zero attached hydrogens (tertiary/aromatic N) is 3. The van der Waals surface area contributed by atoms with E-state index in [2.05, 4.69) is 31.7 Å². The van der Waals surface area contributed by atoms with Crippen LogP contribution < -0.4 is 15.5 Å². The number of halogens is 1. The van der Waals surface area contributed by atoms with E-state index in [0.29, 0.717) is 12.6 Å². The van der Waals surface area contributed by atoms with Gasteiger partial charge in [-0.25, -0.2) is 0 Å². The lowest BCUT2D eigenvalue weighted by Crippen LogP contribution is -2.44. The number of aromatic nitrogens is 1. The molecule has 1 saturated heterocycles. The van der Waals surface area contributed by atoms with Crippen molar-refractivity contribution in [3.8, 4) is 0 Å². The van der Waals surface area contributed by atoms with Crippen LogP contribution in [0.25, 0.3) is 0 Å². The Hall–Kier alpha value is -2.21. The molecule has 2 heterocycles. The first-order valence-electron chi connectivity index (χ1n) is 8.04. The van der Waals surface area contributed by atoms with E-state index >= 15 is 0 Å². The molecule has 1 aliphatic rings. The molecular formula is C17H22ClN5O. The third kappa shape index (κ3) is 4.20. The lowest BCUT2D eigenvalue weighted by atomic mass is 10.2. The Morgan fingerprint density at radius 3 is 3.04 bits per heavy atom. The minimum Gasteiger partial charge on any atom is -0.369 e. The maximum atomic E-state index is 6.08. The van der Waals surface area contributed by atoms with Crippen LogP contribution in [0.5, 0.6) is 0 Å². The van der Waals surface area contributed by atoms with Gasteiger partial charge in [-0.05, 0) is 31.5 Å². The van der Waals surface area contributed by atoms with Gasteiger partial charge in [-0.3, -0.25) is 4.99 Å². The number of benzene rings is 1. The van der Waals surface area contributed by atoms with Gasteiger partial charge in [0, 0.05) is 43.0 Å². The molecule has 2 N–H and O–H groups in total. The zero-order valence-corrected chi connectivity index (χ0v) is 14.7. The third-order valence-corrected chi connectivity index (χ3v) is 4.27. The van der Waals surface area contributed by atoms with Crippen LogP contribution in [0.1, 0.15) is 17.9 Å². The van der Waals surface area contributed by atoms with E-state index < -0.39 is 0 Å². The topological polar surface area (TPSA) is 65.7 Å². The number of anilines is 1. The largest absolute Gasteiger partial charge is 0.369 e. The van der Waals surface area contributed by atoms with Crippen LogP contribution in [-0.4, -0.2) is 37.3 Å². The first-order chi connectivity index (χ1) is 11.6. The summed E-state index contributed by atoms with van der Waals surface area (Å²) in [5, 5.41) is 11.4. The Bertz CT molecular complexity index is 715. The Morgan fingerprint density at radius 1 is 1.46 bits per heavy atom. The second-order valence-corrected chi connectivity index (χ2v) is 6.35. The van der Waals surface area contributed by atoms with Gasteiger partial charge < -0.3 is 20.1 Å². The minimum absolute atomic E-state index is 0.339. The van der Waals surface area contributed by atoms with Crippen LogP contribution in [0.2, 0.25) is 5.02 Å². The maximum absolute atomic E-state index is 6.08. The zero-order valence-electron chi connectivity index (χ0n) is 13.9. The number of hydrogen-bond acceptors (Lipinski definition) is 4. The van der Waals surface area contributed by atoms with E-state index in [4.69, 9.17) is 16.1 Å². The van der Waals surface area contributed by atoms with Crippen molar-refractivity contribution < 1.29 is 4.52 Å². The van der Waals surface area contributed by atoms with Crippen molar-refractivity contribution in [3.05, 3.63) is 46.8 Å². The average molecular weight is 348 g/mol. The molecule has 1 aliphatic heterocycles. The monoisotopic (exact) mass is 347 g/mol. The summed E-state index contributed by atoms with van der Waals surface area (Å²) in [6.45, 7) is 4.38. The SMILES string of the molecule is CN=C(NCc1cc(C)no1)NC1CCN(c2cccc(Cl)c2)C1. The summed E-state index contributed by atoms with van der Waals surface area (Å²) in [7, 11) is 1.77. The van der Waals surface area contributed by atoms with Crippen LogP contribution in [0.4, 0.5) is 5.69 Å². The van der Waals surface area contributed by atoms with Crippen molar-refractivity contribution in [1.29, 1.82) is 0 Å². The van der Waals surface area contributed by atoms with Gasteiger partial charge in [0.25, 0.3) is 0 Å². The predicted molar refractivity (Wildman–Crippen MR) is 96.6 cm³/mol. The molecule has 0 saturated carbocycles. The van der Waals surface area contributed by atoms with Gasteiger partial charge in [-0.2, -0.15) is 0 Å². The summed E-state index contributed by atoms with van der Waals surface area (Å²) in [6, 6.07) is 10.2. The number of hydrogen-bond donors (Lipinski definition) is 2. The summed E-state index contributed by atoms with van der Waals surface area (Å²) in [5.74, 6) is 1.56. The third-order valence-electron chi connectivity index (χ3n) is 4.03. The van der Waals surface area contributed by atoms with E-state index in [-0.39, 0.29) is 0 Å². The summed E-state index contributed by atoms with van der Waals surface area (Å²) >= 11 is 6.08. The number of aryl methyl sites for hydroxylation is 1. The van der Waals surface area contributed by atoms with Crippen molar-refractivity contribution >= 4 is 23.2 Å². The molecule has 7 heteroatoms. The first-order valence-corrected chi connectivity index (χ1v) is 8.42. The molecule has 1 aromatic carbocycles. The van der Waals surface area contributed by atoms with Gasteiger partial charge in [0.15, 0.2) is 11.7 Å². The highest BCUT2D eigenvalue weighted by Crippen LogP contribution is 2.23.